The summed E-state index contributed by atoms with van der Waals surface area (Å²) in [6.45, 7) is 5.12. The smallest absolute Gasteiger partial charge is 0.194 e. The van der Waals surface area contributed by atoms with Crippen molar-refractivity contribution in [3.63, 3.8) is 0 Å². The van der Waals surface area contributed by atoms with Crippen molar-refractivity contribution in [2.24, 2.45) is 5.92 Å². The van der Waals surface area contributed by atoms with Crippen molar-refractivity contribution in [1.82, 2.24) is 16.2 Å². The molecule has 0 aromatic heterocycles. The van der Waals surface area contributed by atoms with Crippen molar-refractivity contribution in [1.29, 1.82) is 0 Å². The van der Waals surface area contributed by atoms with Gasteiger partial charge in [-0.15, -0.1) is 0 Å². The fourth-order valence-electron chi connectivity index (χ4n) is 0.636. The molecule has 0 saturated heterocycles. The van der Waals surface area contributed by atoms with E-state index in [-0.39, 0.29) is 0 Å². The first-order valence-electron chi connectivity index (χ1n) is 4.03. The SMILES string of the molecule is CC(C)CCNNC(O)NC=S. The van der Waals surface area contributed by atoms with Crippen molar-refractivity contribution in [3.8, 4) is 0 Å². The lowest BCUT2D eigenvalue weighted by Gasteiger charge is -2.13. The van der Waals surface area contributed by atoms with Crippen LogP contribution in [0.4, 0.5) is 0 Å². The molecule has 0 aliphatic heterocycles. The Kier molecular flexibility index (Phi) is 7.28. The van der Waals surface area contributed by atoms with Crippen molar-refractivity contribution < 1.29 is 5.11 Å². The number of thiocarbonyl (C=S) groups is 1. The summed E-state index contributed by atoms with van der Waals surface area (Å²) < 4.78 is 0. The Morgan fingerprint density at radius 1 is 1.50 bits per heavy atom. The Bertz CT molecular complexity index is 121. The van der Waals surface area contributed by atoms with Gasteiger partial charge < -0.3 is 10.4 Å². The average molecular weight is 191 g/mol. The van der Waals surface area contributed by atoms with E-state index in [2.05, 4.69) is 42.2 Å². The van der Waals surface area contributed by atoms with Crippen molar-refractivity contribution >= 4 is 17.7 Å². The Labute approximate surface area is 78.7 Å². The molecule has 0 aliphatic rings. The Hall–Kier alpha value is -0.230. The quantitative estimate of drug-likeness (QED) is 0.197. The molecule has 4 N–H and O–H groups in total. The van der Waals surface area contributed by atoms with Crippen LogP contribution in [0, 0.1) is 5.92 Å². The maximum absolute atomic E-state index is 9.03. The second-order valence-corrected chi connectivity index (χ2v) is 3.18. The molecule has 1 unspecified atom stereocenters. The molecule has 1 atom stereocenters. The lowest BCUT2D eigenvalue weighted by atomic mass is 10.1. The number of aliphatic hydroxyl groups excluding tert-OH is 1. The second-order valence-electron chi connectivity index (χ2n) is 2.94. The van der Waals surface area contributed by atoms with E-state index in [1.165, 1.54) is 5.49 Å². The number of rotatable bonds is 7. The molecule has 72 valence electrons. The van der Waals surface area contributed by atoms with Crippen LogP contribution in [0.15, 0.2) is 0 Å². The highest BCUT2D eigenvalue weighted by molar-refractivity contribution is 7.78. The van der Waals surface area contributed by atoms with Crippen LogP contribution >= 0.6 is 12.2 Å². The molecule has 0 radical (unpaired) electrons. The summed E-state index contributed by atoms with van der Waals surface area (Å²) in [4.78, 5) is 0. The van der Waals surface area contributed by atoms with Crippen LogP contribution in [-0.2, 0) is 0 Å². The predicted octanol–water partition coefficient (Wildman–Crippen LogP) is -0.0506. The lowest BCUT2D eigenvalue weighted by molar-refractivity contribution is 0.106. The first-order chi connectivity index (χ1) is 5.66. The van der Waals surface area contributed by atoms with Crippen LogP contribution in [0.25, 0.3) is 0 Å². The maximum Gasteiger partial charge on any atom is 0.194 e. The summed E-state index contributed by atoms with van der Waals surface area (Å²) in [7, 11) is 0. The molecule has 0 bridgehead atoms. The topological polar surface area (TPSA) is 56.3 Å². The highest BCUT2D eigenvalue weighted by atomic mass is 32.1. The molecular weight excluding hydrogens is 174 g/mol. The van der Waals surface area contributed by atoms with Crippen molar-refractivity contribution in [2.75, 3.05) is 6.54 Å². The Balaban J connectivity index is 3.13. The van der Waals surface area contributed by atoms with Gasteiger partial charge in [-0.25, -0.2) is 5.43 Å². The van der Waals surface area contributed by atoms with E-state index in [0.29, 0.717) is 5.92 Å². The van der Waals surface area contributed by atoms with E-state index < -0.39 is 6.35 Å². The molecule has 5 heteroatoms. The first-order valence-corrected chi connectivity index (χ1v) is 4.50. The van der Waals surface area contributed by atoms with Crippen molar-refractivity contribution in [2.45, 2.75) is 26.6 Å². The third-order valence-electron chi connectivity index (χ3n) is 1.31. The van der Waals surface area contributed by atoms with Crippen molar-refractivity contribution in [3.05, 3.63) is 0 Å². The van der Waals surface area contributed by atoms with Gasteiger partial charge >= 0.3 is 0 Å². The molecule has 0 heterocycles. The molecule has 0 aromatic carbocycles. The minimum Gasteiger partial charge on any atom is -0.360 e. The van der Waals surface area contributed by atoms with E-state index in [9.17, 15) is 0 Å². The molecule has 0 aliphatic carbocycles. The number of hydrogen-bond acceptors (Lipinski definition) is 4. The molecule has 0 amide bonds. The minimum absolute atomic E-state index is 0.662. The van der Waals surface area contributed by atoms with Gasteiger partial charge in [-0.05, 0) is 12.3 Å². The lowest BCUT2D eigenvalue weighted by Crippen LogP contribution is -2.48. The predicted molar refractivity (Wildman–Crippen MR) is 53.4 cm³/mol. The molecular formula is C7H17N3OS. The Morgan fingerprint density at radius 3 is 2.67 bits per heavy atom. The monoisotopic (exact) mass is 191 g/mol. The van der Waals surface area contributed by atoms with Gasteiger partial charge in [-0.2, -0.15) is 0 Å². The van der Waals surface area contributed by atoms with Gasteiger partial charge in [-0.3, -0.25) is 5.43 Å². The molecule has 0 fully saturated rings. The van der Waals surface area contributed by atoms with Gasteiger partial charge in [0.2, 0.25) is 0 Å². The van der Waals surface area contributed by atoms with Crippen LogP contribution < -0.4 is 16.2 Å². The highest BCUT2D eigenvalue weighted by Gasteiger charge is 1.97. The van der Waals surface area contributed by atoms with E-state index in [0.717, 1.165) is 13.0 Å². The summed E-state index contributed by atoms with van der Waals surface area (Å²) in [5.41, 5.74) is 6.77. The largest absolute Gasteiger partial charge is 0.360 e. The highest BCUT2D eigenvalue weighted by Crippen LogP contribution is 1.95. The van der Waals surface area contributed by atoms with Crippen LogP contribution in [0.5, 0.6) is 0 Å². The first kappa shape index (κ1) is 11.8. The molecule has 0 rings (SSSR count). The maximum atomic E-state index is 9.03. The van der Waals surface area contributed by atoms with Gasteiger partial charge in [0.1, 0.15) is 0 Å². The number of hydrazine groups is 1. The summed E-state index contributed by atoms with van der Waals surface area (Å²) >= 11 is 4.48. The van der Waals surface area contributed by atoms with Gasteiger partial charge in [-0.1, -0.05) is 26.1 Å². The minimum atomic E-state index is -0.810. The van der Waals surface area contributed by atoms with Gasteiger partial charge in [0, 0.05) is 6.54 Å². The number of nitrogens with one attached hydrogen (secondary N) is 3. The Morgan fingerprint density at radius 2 is 2.17 bits per heavy atom. The fourth-order valence-corrected chi connectivity index (χ4v) is 0.765. The number of aliphatic hydroxyl groups is 1. The van der Waals surface area contributed by atoms with Crippen LogP contribution in [-0.4, -0.2) is 23.5 Å². The standard InChI is InChI=1S/C7H17N3OS/c1-6(2)3-4-9-10-7(11)8-5-12/h5-7,9-11H,3-4H2,1-2H3,(H,8,12). The van der Waals surface area contributed by atoms with Crippen LogP contribution in [0.1, 0.15) is 20.3 Å². The van der Waals surface area contributed by atoms with E-state index in [1.807, 2.05) is 0 Å². The molecule has 0 saturated carbocycles. The number of hydrogen-bond donors (Lipinski definition) is 4. The zero-order chi connectivity index (χ0) is 9.40. The normalized spacial score (nSPS) is 13.0. The van der Waals surface area contributed by atoms with Crippen LogP contribution in [0.2, 0.25) is 0 Å². The third kappa shape index (κ3) is 7.87. The summed E-state index contributed by atoms with van der Waals surface area (Å²) in [5.74, 6) is 0.662. The summed E-state index contributed by atoms with van der Waals surface area (Å²) in [5, 5.41) is 11.5. The van der Waals surface area contributed by atoms with Gasteiger partial charge in [0.05, 0.1) is 5.49 Å². The van der Waals surface area contributed by atoms with E-state index in [1.54, 1.807) is 0 Å². The fraction of sp³-hybridized carbons (Fsp3) is 0.857. The zero-order valence-electron chi connectivity index (χ0n) is 7.50. The van der Waals surface area contributed by atoms with E-state index in [4.69, 9.17) is 5.11 Å². The second kappa shape index (κ2) is 7.42. The summed E-state index contributed by atoms with van der Waals surface area (Å²) in [6.07, 6.45) is 0.256. The third-order valence-corrected chi connectivity index (χ3v) is 1.45. The summed E-state index contributed by atoms with van der Waals surface area (Å²) in [6, 6.07) is 0. The molecule has 0 aromatic rings. The average Bonchev–Trinajstić information content (AvgIpc) is 1.98. The molecule has 0 spiro atoms. The van der Waals surface area contributed by atoms with Crippen LogP contribution in [0.3, 0.4) is 0 Å². The molecule has 12 heavy (non-hydrogen) atoms. The van der Waals surface area contributed by atoms with Gasteiger partial charge in [0.15, 0.2) is 6.35 Å². The zero-order valence-corrected chi connectivity index (χ0v) is 8.32. The van der Waals surface area contributed by atoms with Gasteiger partial charge in [0.25, 0.3) is 0 Å². The molecule has 4 nitrogen and oxygen atoms in total. The van der Waals surface area contributed by atoms with E-state index >= 15 is 0 Å².